The Morgan fingerprint density at radius 3 is 2.94 bits per heavy atom. The number of aliphatic hydroxyl groups is 1. The number of benzene rings is 1. The van der Waals surface area contributed by atoms with Gasteiger partial charge in [0.15, 0.2) is 5.16 Å². The van der Waals surface area contributed by atoms with Gasteiger partial charge in [0.2, 0.25) is 0 Å². The monoisotopic (exact) mass is 255 g/mol. The molecule has 0 saturated heterocycles. The molecule has 16 heavy (non-hydrogen) atoms. The van der Waals surface area contributed by atoms with Gasteiger partial charge >= 0.3 is 0 Å². The van der Waals surface area contributed by atoms with Crippen molar-refractivity contribution in [2.24, 2.45) is 7.05 Å². The fourth-order valence-corrected chi connectivity index (χ4v) is 2.45. The summed E-state index contributed by atoms with van der Waals surface area (Å²) in [6.45, 7) is -0.0409. The molecule has 1 heterocycles. The van der Waals surface area contributed by atoms with Crippen LogP contribution >= 0.6 is 23.4 Å². The quantitative estimate of drug-likeness (QED) is 0.913. The first kappa shape index (κ1) is 11.4. The minimum absolute atomic E-state index is 0.0409. The number of hydrogen-bond donors (Lipinski definition) is 1. The van der Waals surface area contributed by atoms with Gasteiger partial charge < -0.3 is 9.67 Å². The Hall–Kier alpha value is -1.04. The topological polar surface area (TPSA) is 50.9 Å². The fourth-order valence-electron chi connectivity index (χ4n) is 1.25. The fraction of sp³-hybridized carbons (Fsp3) is 0.200. The first-order valence-electron chi connectivity index (χ1n) is 4.62. The molecule has 2 aromatic rings. The van der Waals surface area contributed by atoms with E-state index < -0.39 is 0 Å². The lowest BCUT2D eigenvalue weighted by Gasteiger charge is -2.07. The van der Waals surface area contributed by atoms with Gasteiger partial charge in [-0.25, -0.2) is 0 Å². The van der Waals surface area contributed by atoms with Crippen LogP contribution in [0.1, 0.15) is 5.56 Å². The zero-order valence-electron chi connectivity index (χ0n) is 8.59. The Morgan fingerprint density at radius 1 is 1.50 bits per heavy atom. The number of hydrogen-bond acceptors (Lipinski definition) is 4. The number of nitrogens with zero attached hydrogens (tertiary/aromatic N) is 3. The van der Waals surface area contributed by atoms with Crippen molar-refractivity contribution in [1.29, 1.82) is 0 Å². The molecule has 6 heteroatoms. The maximum Gasteiger partial charge on any atom is 0.195 e. The van der Waals surface area contributed by atoms with Gasteiger partial charge in [-0.15, -0.1) is 10.2 Å². The van der Waals surface area contributed by atoms with Gasteiger partial charge in [0.1, 0.15) is 6.33 Å². The summed E-state index contributed by atoms with van der Waals surface area (Å²) in [4.78, 5) is 0.822. The van der Waals surface area contributed by atoms with Crippen LogP contribution in [0.15, 0.2) is 34.6 Å². The van der Waals surface area contributed by atoms with Crippen LogP contribution in [0.3, 0.4) is 0 Å². The maximum absolute atomic E-state index is 9.23. The molecule has 0 aliphatic rings. The molecule has 0 spiro atoms. The lowest BCUT2D eigenvalue weighted by Crippen LogP contribution is -1.92. The van der Waals surface area contributed by atoms with Crippen molar-refractivity contribution in [3.05, 3.63) is 35.1 Å². The van der Waals surface area contributed by atoms with Crippen LogP contribution in [-0.2, 0) is 13.7 Å². The molecule has 0 saturated carbocycles. The van der Waals surface area contributed by atoms with Crippen molar-refractivity contribution in [3.63, 3.8) is 0 Å². The van der Waals surface area contributed by atoms with Crippen LogP contribution in [0.5, 0.6) is 0 Å². The van der Waals surface area contributed by atoms with E-state index in [1.54, 1.807) is 17.0 Å². The maximum atomic E-state index is 9.23. The zero-order chi connectivity index (χ0) is 11.5. The predicted octanol–water partition coefficient (Wildman–Crippen LogP) is 2.11. The minimum atomic E-state index is -0.0409. The minimum Gasteiger partial charge on any atom is -0.392 e. The SMILES string of the molecule is Cn1cnnc1Sc1c(Cl)cccc1CO. The average Bonchev–Trinajstić information content (AvgIpc) is 2.67. The molecule has 1 aromatic carbocycles. The van der Waals surface area contributed by atoms with E-state index in [1.807, 2.05) is 19.2 Å². The predicted molar refractivity (Wildman–Crippen MR) is 62.5 cm³/mol. The number of aliphatic hydroxyl groups excluding tert-OH is 1. The van der Waals surface area contributed by atoms with Crippen LogP contribution < -0.4 is 0 Å². The molecule has 0 bridgehead atoms. The molecule has 0 radical (unpaired) electrons. The van der Waals surface area contributed by atoms with E-state index >= 15 is 0 Å². The van der Waals surface area contributed by atoms with Crippen LogP contribution in [0.4, 0.5) is 0 Å². The summed E-state index contributed by atoms with van der Waals surface area (Å²) in [5.41, 5.74) is 0.792. The third kappa shape index (κ3) is 2.21. The normalized spacial score (nSPS) is 10.7. The van der Waals surface area contributed by atoms with Crippen molar-refractivity contribution in [2.45, 2.75) is 16.7 Å². The highest BCUT2D eigenvalue weighted by Gasteiger charge is 2.11. The zero-order valence-corrected chi connectivity index (χ0v) is 10.2. The molecule has 1 aromatic heterocycles. The summed E-state index contributed by atoms with van der Waals surface area (Å²) in [5.74, 6) is 0. The molecule has 0 aliphatic heterocycles. The Balaban J connectivity index is 2.37. The first-order chi connectivity index (χ1) is 7.72. The van der Waals surface area contributed by atoms with E-state index in [0.29, 0.717) is 5.02 Å². The molecule has 1 N–H and O–H groups in total. The number of rotatable bonds is 3. The Morgan fingerprint density at radius 2 is 2.31 bits per heavy atom. The highest BCUT2D eigenvalue weighted by molar-refractivity contribution is 7.99. The highest BCUT2D eigenvalue weighted by Crippen LogP contribution is 2.34. The smallest absolute Gasteiger partial charge is 0.195 e. The summed E-state index contributed by atoms with van der Waals surface area (Å²) in [6.07, 6.45) is 1.62. The van der Waals surface area contributed by atoms with Gasteiger partial charge in [0, 0.05) is 11.9 Å². The van der Waals surface area contributed by atoms with Gasteiger partial charge in [-0.3, -0.25) is 0 Å². The van der Waals surface area contributed by atoms with E-state index in [1.165, 1.54) is 11.8 Å². The van der Waals surface area contributed by atoms with E-state index in [4.69, 9.17) is 11.6 Å². The molecule has 0 amide bonds. The molecule has 0 unspecified atom stereocenters. The third-order valence-electron chi connectivity index (χ3n) is 2.08. The molecule has 0 fully saturated rings. The molecular weight excluding hydrogens is 246 g/mol. The molecular formula is C10H10ClN3OS. The van der Waals surface area contributed by atoms with Crippen LogP contribution in [0.25, 0.3) is 0 Å². The van der Waals surface area contributed by atoms with Gasteiger partial charge in [-0.1, -0.05) is 23.7 Å². The first-order valence-corrected chi connectivity index (χ1v) is 5.82. The second-order valence-electron chi connectivity index (χ2n) is 3.21. The molecule has 0 atom stereocenters. The van der Waals surface area contributed by atoms with Crippen LogP contribution in [-0.4, -0.2) is 19.9 Å². The van der Waals surface area contributed by atoms with Crippen molar-refractivity contribution in [1.82, 2.24) is 14.8 Å². The summed E-state index contributed by atoms with van der Waals surface area (Å²) in [5, 5.41) is 18.3. The van der Waals surface area contributed by atoms with Gasteiger partial charge in [-0.05, 0) is 23.4 Å². The lowest BCUT2D eigenvalue weighted by molar-refractivity contribution is 0.279. The van der Waals surface area contributed by atoms with Gasteiger partial charge in [-0.2, -0.15) is 0 Å². The number of halogens is 1. The summed E-state index contributed by atoms with van der Waals surface area (Å²) in [7, 11) is 1.86. The van der Waals surface area contributed by atoms with Gasteiger partial charge in [0.25, 0.3) is 0 Å². The number of aryl methyl sites for hydroxylation is 1. The Kier molecular flexibility index (Phi) is 3.48. The Bertz CT molecular complexity index is 501. The molecule has 0 aliphatic carbocycles. The second-order valence-corrected chi connectivity index (χ2v) is 4.60. The highest BCUT2D eigenvalue weighted by atomic mass is 35.5. The van der Waals surface area contributed by atoms with E-state index in [9.17, 15) is 5.11 Å². The van der Waals surface area contributed by atoms with E-state index in [-0.39, 0.29) is 6.61 Å². The summed E-state index contributed by atoms with van der Waals surface area (Å²) in [6, 6.07) is 5.44. The largest absolute Gasteiger partial charge is 0.392 e. The van der Waals surface area contributed by atoms with Crippen molar-refractivity contribution >= 4 is 23.4 Å². The van der Waals surface area contributed by atoms with Crippen LogP contribution in [0.2, 0.25) is 5.02 Å². The van der Waals surface area contributed by atoms with E-state index in [2.05, 4.69) is 10.2 Å². The molecule has 4 nitrogen and oxygen atoms in total. The van der Waals surface area contributed by atoms with E-state index in [0.717, 1.165) is 15.6 Å². The summed E-state index contributed by atoms with van der Waals surface area (Å²) >= 11 is 7.48. The van der Waals surface area contributed by atoms with Gasteiger partial charge in [0.05, 0.1) is 11.6 Å². The average molecular weight is 256 g/mol. The standard InChI is InChI=1S/C10H10ClN3OS/c1-14-6-12-13-10(14)16-9-7(5-15)3-2-4-8(9)11/h2-4,6,15H,5H2,1H3. The van der Waals surface area contributed by atoms with Crippen molar-refractivity contribution in [2.75, 3.05) is 0 Å². The molecule has 84 valence electrons. The lowest BCUT2D eigenvalue weighted by atomic mass is 10.2. The third-order valence-corrected chi connectivity index (χ3v) is 3.75. The van der Waals surface area contributed by atoms with Crippen molar-refractivity contribution < 1.29 is 5.11 Å². The number of aromatic nitrogens is 3. The van der Waals surface area contributed by atoms with Crippen LogP contribution in [0, 0.1) is 0 Å². The second kappa shape index (κ2) is 4.86. The Labute approximate surface area is 102 Å². The molecule has 2 rings (SSSR count). The van der Waals surface area contributed by atoms with Crippen molar-refractivity contribution in [3.8, 4) is 0 Å². The summed E-state index contributed by atoms with van der Waals surface area (Å²) < 4.78 is 1.80.